The van der Waals surface area contributed by atoms with Crippen molar-refractivity contribution in [1.29, 1.82) is 0 Å². The molecule has 2 nitrogen and oxygen atoms in total. The number of rotatable bonds is 3. The zero-order chi connectivity index (χ0) is 13.1. The van der Waals surface area contributed by atoms with Crippen molar-refractivity contribution < 1.29 is 4.74 Å². The van der Waals surface area contributed by atoms with Crippen molar-refractivity contribution in [3.8, 4) is 22.8 Å². The molecule has 1 aromatic heterocycles. The monoisotopic (exact) mass is 287 g/mol. The third-order valence-corrected chi connectivity index (χ3v) is 3.55. The van der Waals surface area contributed by atoms with Gasteiger partial charge in [0.1, 0.15) is 11.5 Å². The van der Waals surface area contributed by atoms with E-state index in [1.54, 1.807) is 17.4 Å². The number of benzene rings is 2. The van der Waals surface area contributed by atoms with E-state index in [0.717, 1.165) is 17.0 Å². The number of hydrogen-bond acceptors (Lipinski definition) is 3. The van der Waals surface area contributed by atoms with Crippen LogP contribution in [-0.4, -0.2) is 4.98 Å². The molecule has 19 heavy (non-hydrogen) atoms. The molecule has 3 rings (SSSR count). The smallest absolute Gasteiger partial charge is 0.146 e. The Kier molecular flexibility index (Phi) is 3.49. The molecule has 0 atom stereocenters. The van der Waals surface area contributed by atoms with Gasteiger partial charge in [-0.2, -0.15) is 0 Å². The molecule has 2 aromatic carbocycles. The number of hydrogen-bond donors (Lipinski definition) is 0. The lowest BCUT2D eigenvalue weighted by Crippen LogP contribution is -1.85. The molecule has 0 radical (unpaired) electrons. The zero-order valence-corrected chi connectivity index (χ0v) is 11.5. The second kappa shape index (κ2) is 5.43. The molecular weight excluding hydrogens is 278 g/mol. The Hall–Kier alpha value is -1.84. The minimum atomic E-state index is 0.603. The minimum absolute atomic E-state index is 0.603. The molecule has 0 bridgehead atoms. The molecule has 94 valence electrons. The minimum Gasteiger partial charge on any atom is -0.456 e. The number of ether oxygens (including phenoxy) is 1. The average Bonchev–Trinajstić information content (AvgIpc) is 2.96. The molecule has 0 unspecified atom stereocenters. The second-order valence-corrected chi connectivity index (χ2v) is 5.06. The van der Waals surface area contributed by atoms with Gasteiger partial charge in [-0.25, -0.2) is 4.98 Å². The molecule has 4 heteroatoms. The van der Waals surface area contributed by atoms with Gasteiger partial charge in [0.05, 0.1) is 16.2 Å². The van der Waals surface area contributed by atoms with Crippen LogP contribution in [0.2, 0.25) is 5.02 Å². The quantitative estimate of drug-likeness (QED) is 0.656. The summed E-state index contributed by atoms with van der Waals surface area (Å²) < 4.78 is 5.73. The second-order valence-electron chi connectivity index (χ2n) is 3.93. The van der Waals surface area contributed by atoms with Crippen molar-refractivity contribution in [3.63, 3.8) is 0 Å². The number of nitrogens with zero attached hydrogens (tertiary/aromatic N) is 1. The summed E-state index contributed by atoms with van der Waals surface area (Å²) in [5.41, 5.74) is 3.88. The average molecular weight is 288 g/mol. The molecule has 0 aliphatic rings. The number of para-hydroxylation sites is 1. The Morgan fingerprint density at radius 2 is 1.79 bits per heavy atom. The highest BCUT2D eigenvalue weighted by Crippen LogP contribution is 2.30. The molecule has 3 aromatic rings. The maximum Gasteiger partial charge on any atom is 0.146 e. The summed E-state index contributed by atoms with van der Waals surface area (Å²) in [5, 5.41) is 2.62. The first kappa shape index (κ1) is 12.2. The first-order valence-corrected chi connectivity index (χ1v) is 7.06. The Morgan fingerprint density at radius 3 is 2.47 bits per heavy atom. The number of aromatic nitrogens is 1. The van der Waals surface area contributed by atoms with Gasteiger partial charge in [-0.15, -0.1) is 11.3 Å². The van der Waals surface area contributed by atoms with Gasteiger partial charge in [-0.3, -0.25) is 0 Å². The summed E-state index contributed by atoms with van der Waals surface area (Å²) in [6, 6.07) is 15.2. The van der Waals surface area contributed by atoms with Gasteiger partial charge in [0, 0.05) is 10.9 Å². The molecule has 0 fully saturated rings. The highest BCUT2D eigenvalue weighted by atomic mass is 35.5. The normalized spacial score (nSPS) is 10.4. The van der Waals surface area contributed by atoms with Crippen LogP contribution in [-0.2, 0) is 0 Å². The van der Waals surface area contributed by atoms with E-state index < -0.39 is 0 Å². The van der Waals surface area contributed by atoms with Crippen LogP contribution >= 0.6 is 22.9 Å². The lowest BCUT2D eigenvalue weighted by Gasteiger charge is -2.07. The van der Waals surface area contributed by atoms with Gasteiger partial charge < -0.3 is 4.74 Å². The van der Waals surface area contributed by atoms with Crippen molar-refractivity contribution in [2.75, 3.05) is 0 Å². The van der Waals surface area contributed by atoms with Crippen molar-refractivity contribution in [1.82, 2.24) is 4.98 Å². The van der Waals surface area contributed by atoms with E-state index in [1.165, 1.54) is 0 Å². The highest BCUT2D eigenvalue weighted by Gasteiger charge is 2.03. The van der Waals surface area contributed by atoms with Gasteiger partial charge in [0.25, 0.3) is 0 Å². The van der Waals surface area contributed by atoms with Gasteiger partial charge >= 0.3 is 0 Å². The van der Waals surface area contributed by atoms with Crippen LogP contribution in [0.3, 0.4) is 0 Å². The Bertz CT molecular complexity index is 665. The van der Waals surface area contributed by atoms with Crippen LogP contribution in [0.5, 0.6) is 11.5 Å². The number of halogens is 1. The van der Waals surface area contributed by atoms with E-state index in [-0.39, 0.29) is 0 Å². The molecular formula is C15H10ClNOS. The molecule has 0 spiro atoms. The van der Waals surface area contributed by atoms with E-state index in [4.69, 9.17) is 16.3 Å². The molecule has 0 saturated carbocycles. The van der Waals surface area contributed by atoms with Crippen molar-refractivity contribution in [2.24, 2.45) is 0 Å². The Morgan fingerprint density at radius 1 is 1.00 bits per heavy atom. The highest BCUT2D eigenvalue weighted by molar-refractivity contribution is 7.07. The van der Waals surface area contributed by atoms with Gasteiger partial charge in [0.2, 0.25) is 0 Å². The van der Waals surface area contributed by atoms with Crippen LogP contribution in [0.1, 0.15) is 0 Å². The largest absolute Gasteiger partial charge is 0.456 e. The van der Waals surface area contributed by atoms with Crippen molar-refractivity contribution >= 4 is 22.9 Å². The van der Waals surface area contributed by atoms with E-state index in [0.29, 0.717) is 10.8 Å². The lowest BCUT2D eigenvalue weighted by atomic mass is 10.2. The molecule has 0 N–H and O–H groups in total. The van der Waals surface area contributed by atoms with Crippen LogP contribution in [0.25, 0.3) is 11.3 Å². The van der Waals surface area contributed by atoms with Crippen LogP contribution < -0.4 is 4.74 Å². The SMILES string of the molecule is Clc1ccccc1Oc1ccc(-c2cscn2)cc1. The van der Waals surface area contributed by atoms with Crippen molar-refractivity contribution in [2.45, 2.75) is 0 Å². The molecule has 1 heterocycles. The van der Waals surface area contributed by atoms with Crippen molar-refractivity contribution in [3.05, 3.63) is 64.4 Å². The summed E-state index contributed by atoms with van der Waals surface area (Å²) in [4.78, 5) is 4.27. The van der Waals surface area contributed by atoms with E-state index >= 15 is 0 Å². The topological polar surface area (TPSA) is 22.1 Å². The van der Waals surface area contributed by atoms with E-state index in [2.05, 4.69) is 4.98 Å². The van der Waals surface area contributed by atoms with Gasteiger partial charge in [-0.05, 0) is 36.4 Å². The van der Waals surface area contributed by atoms with Crippen LogP contribution in [0.15, 0.2) is 59.4 Å². The van der Waals surface area contributed by atoms with E-state index in [1.807, 2.05) is 53.4 Å². The van der Waals surface area contributed by atoms with Crippen LogP contribution in [0.4, 0.5) is 0 Å². The summed E-state index contributed by atoms with van der Waals surface area (Å²) in [6.07, 6.45) is 0. The van der Waals surface area contributed by atoms with Gasteiger partial charge in [-0.1, -0.05) is 23.7 Å². The Balaban J connectivity index is 1.82. The summed E-state index contributed by atoms with van der Waals surface area (Å²) >= 11 is 7.64. The predicted octanol–water partition coefficient (Wildman–Crippen LogP) is 5.26. The molecule has 0 amide bonds. The predicted molar refractivity (Wildman–Crippen MR) is 79.1 cm³/mol. The standard InChI is InChI=1S/C15H10ClNOS/c16-13-3-1-2-4-15(13)18-12-7-5-11(6-8-12)14-9-19-10-17-14/h1-10H. The fraction of sp³-hybridized carbons (Fsp3) is 0. The van der Waals surface area contributed by atoms with Gasteiger partial charge in [0.15, 0.2) is 0 Å². The molecule has 0 aliphatic heterocycles. The maximum absolute atomic E-state index is 6.05. The Labute approximate surface area is 120 Å². The fourth-order valence-electron chi connectivity index (χ4n) is 1.70. The van der Waals surface area contributed by atoms with Crippen LogP contribution in [0, 0.1) is 0 Å². The summed E-state index contributed by atoms with van der Waals surface area (Å²) in [7, 11) is 0. The first-order chi connectivity index (χ1) is 9.33. The molecule has 0 aliphatic carbocycles. The summed E-state index contributed by atoms with van der Waals surface area (Å²) in [6.45, 7) is 0. The zero-order valence-electron chi connectivity index (χ0n) is 9.92. The van der Waals surface area contributed by atoms with E-state index in [9.17, 15) is 0 Å². The first-order valence-electron chi connectivity index (χ1n) is 5.74. The summed E-state index contributed by atoms with van der Waals surface area (Å²) in [5.74, 6) is 1.41. The molecule has 0 saturated heterocycles. The number of thiazole rings is 1. The third-order valence-electron chi connectivity index (χ3n) is 2.65. The lowest BCUT2D eigenvalue weighted by molar-refractivity contribution is 0.483. The third kappa shape index (κ3) is 2.78. The maximum atomic E-state index is 6.05. The fourth-order valence-corrected chi connectivity index (χ4v) is 2.44.